The summed E-state index contributed by atoms with van der Waals surface area (Å²) in [4.78, 5) is 14.3. The van der Waals surface area contributed by atoms with Gasteiger partial charge in [-0.1, -0.05) is 19.9 Å². The maximum atomic E-state index is 12.4. The van der Waals surface area contributed by atoms with Crippen LogP contribution in [0.15, 0.2) is 18.2 Å². The number of hydrogen-bond acceptors (Lipinski definition) is 3. The Labute approximate surface area is 114 Å². The molecule has 4 nitrogen and oxygen atoms in total. The predicted molar refractivity (Wildman–Crippen MR) is 76.8 cm³/mol. The number of nitrogens with one attached hydrogen (secondary N) is 1. The Morgan fingerprint density at radius 2 is 2.16 bits per heavy atom. The highest BCUT2D eigenvalue weighted by Crippen LogP contribution is 2.32. The van der Waals surface area contributed by atoms with Crippen LogP contribution >= 0.6 is 0 Å². The molecule has 0 spiro atoms. The molecule has 19 heavy (non-hydrogen) atoms. The molecule has 0 aromatic heterocycles. The van der Waals surface area contributed by atoms with E-state index in [1.54, 1.807) is 7.11 Å². The van der Waals surface area contributed by atoms with Gasteiger partial charge in [-0.25, -0.2) is 0 Å². The number of aryl methyl sites for hydroxylation is 1. The third-order valence-electron chi connectivity index (χ3n) is 3.37. The molecular weight excluding hydrogens is 240 g/mol. The molecule has 1 amide bonds. The van der Waals surface area contributed by atoms with E-state index in [1.165, 1.54) is 0 Å². The van der Waals surface area contributed by atoms with Gasteiger partial charge < -0.3 is 15.0 Å². The fraction of sp³-hybridized carbons (Fsp3) is 0.533. The van der Waals surface area contributed by atoms with Gasteiger partial charge in [0.25, 0.3) is 0 Å². The average Bonchev–Trinajstić information content (AvgIpc) is 2.70. The number of benzene rings is 1. The molecule has 4 heteroatoms. The summed E-state index contributed by atoms with van der Waals surface area (Å²) < 4.78 is 5.36. The van der Waals surface area contributed by atoms with Gasteiger partial charge in [0.1, 0.15) is 5.75 Å². The molecule has 1 aromatic rings. The molecule has 1 aromatic carbocycles. The van der Waals surface area contributed by atoms with E-state index in [9.17, 15) is 4.79 Å². The minimum absolute atomic E-state index is 0.0785. The minimum atomic E-state index is -0.0785. The zero-order chi connectivity index (χ0) is 14.0. The maximum absolute atomic E-state index is 12.4. The third kappa shape index (κ3) is 2.89. The van der Waals surface area contributed by atoms with E-state index in [-0.39, 0.29) is 11.9 Å². The number of ether oxygens (including phenoxy) is 1. The Morgan fingerprint density at radius 1 is 1.42 bits per heavy atom. The standard InChI is InChI=1S/C15H22N2O2/c1-10(2)16-12-7-8-17(15(12)18)13-9-11(3)5-6-14(13)19-4/h5-6,9-10,12,16H,7-8H2,1-4H3. The Morgan fingerprint density at radius 3 is 2.79 bits per heavy atom. The van der Waals surface area contributed by atoms with Crippen LogP contribution in [0.3, 0.4) is 0 Å². The quantitative estimate of drug-likeness (QED) is 0.903. The molecule has 0 bridgehead atoms. The first-order valence-corrected chi connectivity index (χ1v) is 6.75. The van der Waals surface area contributed by atoms with E-state index >= 15 is 0 Å². The normalized spacial score (nSPS) is 19.3. The number of nitrogens with zero attached hydrogens (tertiary/aromatic N) is 1. The van der Waals surface area contributed by atoms with Crippen molar-refractivity contribution in [3.8, 4) is 5.75 Å². The summed E-state index contributed by atoms with van der Waals surface area (Å²) in [6.07, 6.45) is 0.841. The highest BCUT2D eigenvalue weighted by molar-refractivity contribution is 6.00. The van der Waals surface area contributed by atoms with Gasteiger partial charge in [-0.2, -0.15) is 0 Å². The molecule has 1 heterocycles. The molecule has 1 atom stereocenters. The van der Waals surface area contributed by atoms with Crippen molar-refractivity contribution in [2.45, 2.75) is 39.3 Å². The van der Waals surface area contributed by atoms with Gasteiger partial charge in [0, 0.05) is 12.6 Å². The molecular formula is C15H22N2O2. The second-order valence-electron chi connectivity index (χ2n) is 5.33. The molecule has 1 N–H and O–H groups in total. The van der Waals surface area contributed by atoms with Crippen LogP contribution in [-0.4, -0.2) is 31.6 Å². The summed E-state index contributed by atoms with van der Waals surface area (Å²) in [6, 6.07) is 6.15. The fourth-order valence-corrected chi connectivity index (χ4v) is 2.49. The molecule has 1 unspecified atom stereocenters. The number of carbonyl (C=O) groups is 1. The van der Waals surface area contributed by atoms with Gasteiger partial charge in [-0.05, 0) is 31.0 Å². The number of hydrogen-bond donors (Lipinski definition) is 1. The first-order valence-electron chi connectivity index (χ1n) is 6.75. The van der Waals surface area contributed by atoms with Crippen LogP contribution in [0, 0.1) is 6.92 Å². The predicted octanol–water partition coefficient (Wildman–Crippen LogP) is 2.11. The molecule has 0 radical (unpaired) electrons. The van der Waals surface area contributed by atoms with Gasteiger partial charge in [0.15, 0.2) is 0 Å². The lowest BCUT2D eigenvalue weighted by molar-refractivity contribution is -0.119. The molecule has 1 aliphatic heterocycles. The first kappa shape index (κ1) is 13.9. The smallest absolute Gasteiger partial charge is 0.244 e. The molecule has 0 saturated carbocycles. The average molecular weight is 262 g/mol. The summed E-state index contributed by atoms with van der Waals surface area (Å²) in [5.74, 6) is 0.891. The van der Waals surface area contributed by atoms with E-state index in [0.29, 0.717) is 6.04 Å². The lowest BCUT2D eigenvalue weighted by Gasteiger charge is -2.21. The topological polar surface area (TPSA) is 41.6 Å². The van der Waals surface area contributed by atoms with Crippen molar-refractivity contribution < 1.29 is 9.53 Å². The highest BCUT2D eigenvalue weighted by atomic mass is 16.5. The fourth-order valence-electron chi connectivity index (χ4n) is 2.49. The van der Waals surface area contributed by atoms with Crippen molar-refractivity contribution in [2.75, 3.05) is 18.6 Å². The maximum Gasteiger partial charge on any atom is 0.244 e. The summed E-state index contributed by atoms with van der Waals surface area (Å²) in [6.45, 7) is 6.88. The molecule has 1 saturated heterocycles. The summed E-state index contributed by atoms with van der Waals surface area (Å²) in [7, 11) is 1.64. The summed E-state index contributed by atoms with van der Waals surface area (Å²) >= 11 is 0. The van der Waals surface area contributed by atoms with Crippen molar-refractivity contribution in [3.05, 3.63) is 23.8 Å². The molecule has 2 rings (SSSR count). The molecule has 1 fully saturated rings. The first-order chi connectivity index (χ1) is 9.02. The molecule has 1 aliphatic rings. The lowest BCUT2D eigenvalue weighted by Crippen LogP contribution is -2.41. The van der Waals surface area contributed by atoms with Crippen LogP contribution in [-0.2, 0) is 4.79 Å². The second kappa shape index (κ2) is 5.61. The van der Waals surface area contributed by atoms with E-state index in [0.717, 1.165) is 30.0 Å². The number of rotatable bonds is 4. The van der Waals surface area contributed by atoms with Gasteiger partial charge >= 0.3 is 0 Å². The van der Waals surface area contributed by atoms with Crippen molar-refractivity contribution in [1.29, 1.82) is 0 Å². The Kier molecular flexibility index (Phi) is 4.10. The molecule has 104 valence electrons. The van der Waals surface area contributed by atoms with Crippen LogP contribution in [0.25, 0.3) is 0 Å². The summed E-state index contributed by atoms with van der Waals surface area (Å²) in [5.41, 5.74) is 2.00. The number of carbonyl (C=O) groups excluding carboxylic acids is 1. The van der Waals surface area contributed by atoms with Crippen LogP contribution < -0.4 is 15.0 Å². The Balaban J connectivity index is 2.24. The van der Waals surface area contributed by atoms with Crippen LogP contribution in [0.5, 0.6) is 5.75 Å². The van der Waals surface area contributed by atoms with E-state index in [4.69, 9.17) is 4.74 Å². The van der Waals surface area contributed by atoms with Crippen molar-refractivity contribution >= 4 is 11.6 Å². The van der Waals surface area contributed by atoms with Gasteiger partial charge in [0.05, 0.1) is 18.8 Å². The zero-order valence-corrected chi connectivity index (χ0v) is 12.1. The van der Waals surface area contributed by atoms with E-state index in [2.05, 4.69) is 19.2 Å². The van der Waals surface area contributed by atoms with Crippen LogP contribution in [0.2, 0.25) is 0 Å². The van der Waals surface area contributed by atoms with Gasteiger partial charge in [-0.3, -0.25) is 4.79 Å². The van der Waals surface area contributed by atoms with Gasteiger partial charge in [-0.15, -0.1) is 0 Å². The van der Waals surface area contributed by atoms with Crippen LogP contribution in [0.1, 0.15) is 25.8 Å². The van der Waals surface area contributed by atoms with Crippen molar-refractivity contribution in [2.24, 2.45) is 0 Å². The Bertz CT molecular complexity index is 471. The zero-order valence-electron chi connectivity index (χ0n) is 12.1. The highest BCUT2D eigenvalue weighted by Gasteiger charge is 2.33. The third-order valence-corrected chi connectivity index (χ3v) is 3.37. The van der Waals surface area contributed by atoms with Crippen molar-refractivity contribution in [1.82, 2.24) is 5.32 Å². The molecule has 0 aliphatic carbocycles. The largest absolute Gasteiger partial charge is 0.495 e. The van der Waals surface area contributed by atoms with E-state index < -0.39 is 0 Å². The number of methoxy groups -OCH3 is 1. The minimum Gasteiger partial charge on any atom is -0.495 e. The second-order valence-corrected chi connectivity index (χ2v) is 5.33. The Hall–Kier alpha value is -1.55. The number of amides is 1. The van der Waals surface area contributed by atoms with Gasteiger partial charge in [0.2, 0.25) is 5.91 Å². The number of anilines is 1. The lowest BCUT2D eigenvalue weighted by atomic mass is 10.2. The van der Waals surface area contributed by atoms with E-state index in [1.807, 2.05) is 30.0 Å². The van der Waals surface area contributed by atoms with Crippen LogP contribution in [0.4, 0.5) is 5.69 Å². The SMILES string of the molecule is COc1ccc(C)cc1N1CCC(NC(C)C)C1=O. The summed E-state index contributed by atoms with van der Waals surface area (Å²) in [5, 5.41) is 3.31. The monoisotopic (exact) mass is 262 g/mol. The van der Waals surface area contributed by atoms with Crippen molar-refractivity contribution in [3.63, 3.8) is 0 Å².